The molecule has 1 aliphatic rings. The number of fused-ring (bicyclic) bond motifs is 1. The number of rotatable bonds is 4. The van der Waals surface area contributed by atoms with Gasteiger partial charge < -0.3 is 20.1 Å². The minimum atomic E-state index is -0.929. The molecule has 5 heteroatoms. The molecule has 18 heavy (non-hydrogen) atoms. The van der Waals surface area contributed by atoms with E-state index in [4.69, 9.17) is 9.84 Å². The summed E-state index contributed by atoms with van der Waals surface area (Å²) in [7, 11) is 3.94. The zero-order valence-corrected chi connectivity index (χ0v) is 10.6. The van der Waals surface area contributed by atoms with Gasteiger partial charge in [-0.1, -0.05) is 0 Å². The van der Waals surface area contributed by atoms with Gasteiger partial charge in [0.1, 0.15) is 12.4 Å². The van der Waals surface area contributed by atoms with Gasteiger partial charge in [-0.2, -0.15) is 0 Å². The van der Waals surface area contributed by atoms with E-state index >= 15 is 0 Å². The summed E-state index contributed by atoms with van der Waals surface area (Å²) in [5.41, 5.74) is 1.21. The van der Waals surface area contributed by atoms with E-state index in [1.807, 2.05) is 20.2 Å². The van der Waals surface area contributed by atoms with Gasteiger partial charge in [0, 0.05) is 7.05 Å². The molecule has 1 heterocycles. The molecule has 1 aromatic rings. The lowest BCUT2D eigenvalue weighted by Crippen LogP contribution is -2.41. The van der Waals surface area contributed by atoms with Crippen LogP contribution in [0.25, 0.3) is 0 Å². The predicted octanol–water partition coefficient (Wildman–Crippen LogP) is 1.19. The van der Waals surface area contributed by atoms with Crippen LogP contribution in [0, 0.1) is 0 Å². The molecule has 0 spiro atoms. The number of likely N-dealkylation sites (N-methyl/N-ethyl adjacent to an activating group) is 1. The van der Waals surface area contributed by atoms with Crippen molar-refractivity contribution in [1.82, 2.24) is 5.32 Å². The van der Waals surface area contributed by atoms with Crippen molar-refractivity contribution in [2.45, 2.75) is 12.5 Å². The van der Waals surface area contributed by atoms with Gasteiger partial charge in [0.15, 0.2) is 0 Å². The molecular weight excluding hydrogens is 232 g/mol. The van der Waals surface area contributed by atoms with Crippen molar-refractivity contribution in [3.63, 3.8) is 0 Å². The molecule has 0 radical (unpaired) electrons. The highest BCUT2D eigenvalue weighted by atomic mass is 16.5. The summed E-state index contributed by atoms with van der Waals surface area (Å²) < 4.78 is 5.66. The van der Waals surface area contributed by atoms with Crippen molar-refractivity contribution < 1.29 is 14.6 Å². The first-order chi connectivity index (χ1) is 8.63. The average Bonchev–Trinajstić information content (AvgIpc) is 2.37. The standard InChI is InChI=1S/C13H18N2O3/c1-14-6-5-10-8-18-12-7-9(13(16)17)3-4-11(12)15(10)2/h3-4,7,10,14H,5-6,8H2,1-2H3,(H,16,17). The van der Waals surface area contributed by atoms with Crippen LogP contribution in [0.3, 0.4) is 0 Å². The molecule has 2 N–H and O–H groups in total. The summed E-state index contributed by atoms with van der Waals surface area (Å²) in [5.74, 6) is -0.278. The first-order valence-corrected chi connectivity index (χ1v) is 6.01. The summed E-state index contributed by atoms with van der Waals surface area (Å²) in [6.45, 7) is 1.52. The van der Waals surface area contributed by atoms with Gasteiger partial charge in [-0.3, -0.25) is 0 Å². The largest absolute Gasteiger partial charge is 0.489 e. The molecular formula is C13H18N2O3. The second-order valence-corrected chi connectivity index (χ2v) is 4.46. The van der Waals surface area contributed by atoms with Crippen molar-refractivity contribution in [3.8, 4) is 5.75 Å². The predicted molar refractivity (Wildman–Crippen MR) is 69.6 cm³/mol. The minimum absolute atomic E-state index is 0.260. The van der Waals surface area contributed by atoms with Crippen LogP contribution in [-0.2, 0) is 0 Å². The third kappa shape index (κ3) is 2.41. The number of carboxylic acid groups (broad SMARTS) is 1. The first kappa shape index (κ1) is 12.7. The van der Waals surface area contributed by atoms with Gasteiger partial charge in [-0.05, 0) is 38.2 Å². The number of aromatic carboxylic acids is 1. The van der Waals surface area contributed by atoms with Crippen molar-refractivity contribution in [2.75, 3.05) is 32.1 Å². The molecule has 98 valence electrons. The third-order valence-corrected chi connectivity index (χ3v) is 3.29. The van der Waals surface area contributed by atoms with Crippen LogP contribution in [0.15, 0.2) is 18.2 Å². The van der Waals surface area contributed by atoms with Crippen LogP contribution in [-0.4, -0.2) is 44.4 Å². The van der Waals surface area contributed by atoms with Crippen LogP contribution >= 0.6 is 0 Å². The fourth-order valence-electron chi connectivity index (χ4n) is 2.14. The van der Waals surface area contributed by atoms with Gasteiger partial charge in [0.25, 0.3) is 0 Å². The Morgan fingerprint density at radius 2 is 2.39 bits per heavy atom. The number of benzene rings is 1. The highest BCUT2D eigenvalue weighted by Crippen LogP contribution is 2.34. The van der Waals surface area contributed by atoms with Gasteiger partial charge in [-0.25, -0.2) is 4.79 Å². The Kier molecular flexibility index (Phi) is 3.72. The molecule has 1 aliphatic heterocycles. The van der Waals surface area contributed by atoms with E-state index in [1.54, 1.807) is 12.1 Å². The zero-order valence-electron chi connectivity index (χ0n) is 10.6. The monoisotopic (exact) mass is 250 g/mol. The second-order valence-electron chi connectivity index (χ2n) is 4.46. The lowest BCUT2D eigenvalue weighted by Gasteiger charge is -2.36. The topological polar surface area (TPSA) is 61.8 Å². The molecule has 0 bridgehead atoms. The molecule has 1 aromatic carbocycles. The normalized spacial score (nSPS) is 18.1. The van der Waals surface area contributed by atoms with E-state index in [2.05, 4.69) is 10.2 Å². The number of hydrogen-bond donors (Lipinski definition) is 2. The van der Waals surface area contributed by atoms with E-state index in [1.165, 1.54) is 0 Å². The van der Waals surface area contributed by atoms with Gasteiger partial charge in [0.05, 0.1) is 17.3 Å². The number of carbonyl (C=O) groups is 1. The molecule has 1 atom stereocenters. The van der Waals surface area contributed by atoms with Crippen LogP contribution in [0.2, 0.25) is 0 Å². The molecule has 0 fully saturated rings. The average molecular weight is 250 g/mol. The van der Waals surface area contributed by atoms with Crippen LogP contribution < -0.4 is 15.0 Å². The summed E-state index contributed by atoms with van der Waals surface area (Å²) in [4.78, 5) is 13.1. The summed E-state index contributed by atoms with van der Waals surface area (Å²) in [6.07, 6.45) is 0.993. The maximum absolute atomic E-state index is 10.9. The maximum atomic E-state index is 10.9. The SMILES string of the molecule is CNCCC1COc2cc(C(=O)O)ccc2N1C. The third-order valence-electron chi connectivity index (χ3n) is 3.29. The van der Waals surface area contributed by atoms with Crippen molar-refractivity contribution in [3.05, 3.63) is 23.8 Å². The number of nitrogens with zero attached hydrogens (tertiary/aromatic N) is 1. The summed E-state index contributed by atoms with van der Waals surface area (Å²) in [5, 5.41) is 12.1. The van der Waals surface area contributed by atoms with Crippen LogP contribution in [0.1, 0.15) is 16.8 Å². The molecule has 5 nitrogen and oxygen atoms in total. The Bertz CT molecular complexity index is 448. The van der Waals surface area contributed by atoms with E-state index in [0.29, 0.717) is 18.4 Å². The Hall–Kier alpha value is -1.75. The highest BCUT2D eigenvalue weighted by molar-refractivity contribution is 5.89. The molecule has 0 aromatic heterocycles. The molecule has 0 aliphatic carbocycles. The number of ether oxygens (including phenoxy) is 1. The zero-order chi connectivity index (χ0) is 13.1. The van der Waals surface area contributed by atoms with Crippen molar-refractivity contribution >= 4 is 11.7 Å². The molecule has 0 saturated carbocycles. The fourth-order valence-corrected chi connectivity index (χ4v) is 2.14. The summed E-state index contributed by atoms with van der Waals surface area (Å²) in [6, 6.07) is 5.33. The van der Waals surface area contributed by atoms with E-state index < -0.39 is 5.97 Å². The molecule has 1 unspecified atom stereocenters. The van der Waals surface area contributed by atoms with E-state index in [-0.39, 0.29) is 5.56 Å². The van der Waals surface area contributed by atoms with Crippen molar-refractivity contribution in [2.24, 2.45) is 0 Å². The number of carboxylic acids is 1. The number of anilines is 1. The molecule has 2 rings (SSSR count). The van der Waals surface area contributed by atoms with E-state index in [9.17, 15) is 4.79 Å². The number of hydrogen-bond acceptors (Lipinski definition) is 4. The van der Waals surface area contributed by atoms with Crippen molar-refractivity contribution in [1.29, 1.82) is 0 Å². The highest BCUT2D eigenvalue weighted by Gasteiger charge is 2.24. The van der Waals surface area contributed by atoms with E-state index in [0.717, 1.165) is 18.7 Å². The summed E-state index contributed by atoms with van der Waals surface area (Å²) >= 11 is 0. The lowest BCUT2D eigenvalue weighted by atomic mass is 10.1. The Morgan fingerprint density at radius 1 is 1.61 bits per heavy atom. The minimum Gasteiger partial charge on any atom is -0.489 e. The lowest BCUT2D eigenvalue weighted by molar-refractivity contribution is 0.0696. The van der Waals surface area contributed by atoms with Crippen LogP contribution in [0.5, 0.6) is 5.75 Å². The van der Waals surface area contributed by atoms with Gasteiger partial charge >= 0.3 is 5.97 Å². The number of nitrogens with one attached hydrogen (secondary N) is 1. The smallest absolute Gasteiger partial charge is 0.335 e. The fraction of sp³-hybridized carbons (Fsp3) is 0.462. The van der Waals surface area contributed by atoms with Crippen LogP contribution in [0.4, 0.5) is 5.69 Å². The van der Waals surface area contributed by atoms with Gasteiger partial charge in [-0.15, -0.1) is 0 Å². The molecule has 0 amide bonds. The quantitative estimate of drug-likeness (QED) is 0.840. The first-order valence-electron chi connectivity index (χ1n) is 6.01. The maximum Gasteiger partial charge on any atom is 0.335 e. The van der Waals surface area contributed by atoms with Gasteiger partial charge in [0.2, 0.25) is 0 Å². The Morgan fingerprint density at radius 3 is 3.06 bits per heavy atom. The Balaban J connectivity index is 2.20. The Labute approximate surface area is 106 Å². The molecule has 0 saturated heterocycles. The second kappa shape index (κ2) is 5.27.